The molecule has 0 saturated carbocycles. The predicted molar refractivity (Wildman–Crippen MR) is 204 cm³/mol. The van der Waals surface area contributed by atoms with Gasteiger partial charge in [-0.1, -0.05) is 38.7 Å². The molecule has 6 heterocycles. The Hall–Kier alpha value is -4.23. The highest BCUT2D eigenvalue weighted by Crippen LogP contribution is 2.64. The molecule has 56 heavy (non-hydrogen) atoms. The number of carbonyl (C=O) groups is 3. The van der Waals surface area contributed by atoms with Crippen molar-refractivity contribution in [3.63, 3.8) is 0 Å². The zero-order valence-corrected chi connectivity index (χ0v) is 34.0. The molecule has 0 amide bonds. The molecule has 302 valence electrons. The summed E-state index contributed by atoms with van der Waals surface area (Å²) in [5.74, 6) is 0.767. The maximum Gasteiger partial charge on any atom is 0.348 e. The van der Waals surface area contributed by atoms with Crippen LogP contribution in [0.3, 0.4) is 0 Å². The monoisotopic (exact) mass is 793 g/mol. The minimum atomic E-state index is -1.19. The zero-order chi connectivity index (χ0) is 39.8. The van der Waals surface area contributed by atoms with Crippen molar-refractivity contribution < 1.29 is 52.3 Å². The maximum absolute atomic E-state index is 13.9. The summed E-state index contributed by atoms with van der Waals surface area (Å²) in [4.78, 5) is 44.3. The quantitative estimate of drug-likeness (QED) is 0.110. The number of rotatable bonds is 12. The normalized spacial score (nSPS) is 26.2. The van der Waals surface area contributed by atoms with Crippen LogP contribution in [0.1, 0.15) is 103 Å². The van der Waals surface area contributed by atoms with Crippen LogP contribution in [0.15, 0.2) is 6.07 Å². The Morgan fingerprint density at radius 2 is 1.79 bits per heavy atom. The number of benzene rings is 2. The number of carbonyl (C=O) groups excluding carboxylic acids is 3. The minimum Gasteiger partial charge on any atom is -0.493 e. The average Bonchev–Trinajstić information content (AvgIpc) is 3.66. The Morgan fingerprint density at radius 1 is 1.02 bits per heavy atom. The summed E-state index contributed by atoms with van der Waals surface area (Å²) >= 11 is 1.40. The van der Waals surface area contributed by atoms with Gasteiger partial charge in [-0.2, -0.15) is 5.26 Å². The molecule has 6 aliphatic rings. The van der Waals surface area contributed by atoms with Gasteiger partial charge in [0.1, 0.15) is 18.4 Å². The first-order chi connectivity index (χ1) is 27.1. The molecular formula is C41H51N3O11S. The molecule has 0 spiro atoms. The Morgan fingerprint density at radius 3 is 2.50 bits per heavy atom. The van der Waals surface area contributed by atoms with E-state index in [4.69, 9.17) is 37.9 Å². The number of fused-ring (bicyclic) bond motifs is 10. The molecule has 2 saturated heterocycles. The number of aryl methyl sites for hydroxylation is 1. The summed E-state index contributed by atoms with van der Waals surface area (Å²) in [6.45, 7) is 7.01. The number of ether oxygens (including phenoxy) is 8. The van der Waals surface area contributed by atoms with Crippen molar-refractivity contribution in [3.8, 4) is 34.8 Å². The fourth-order valence-electron chi connectivity index (χ4n) is 9.36. The summed E-state index contributed by atoms with van der Waals surface area (Å²) in [6, 6.07) is 2.17. The molecule has 15 heteroatoms. The molecule has 6 aliphatic heterocycles. The second-order valence-electron chi connectivity index (χ2n) is 15.1. The van der Waals surface area contributed by atoms with Gasteiger partial charge in [0.15, 0.2) is 29.8 Å². The van der Waals surface area contributed by atoms with E-state index >= 15 is 0 Å². The van der Waals surface area contributed by atoms with E-state index in [1.54, 1.807) is 14.2 Å². The van der Waals surface area contributed by atoms with Gasteiger partial charge in [-0.3, -0.25) is 19.4 Å². The summed E-state index contributed by atoms with van der Waals surface area (Å²) in [5, 5.41) is 10.6. The molecule has 14 nitrogen and oxygen atoms in total. The number of hydrogen-bond donors (Lipinski definition) is 0. The van der Waals surface area contributed by atoms with Crippen LogP contribution in [0.5, 0.6) is 28.7 Å². The third-order valence-electron chi connectivity index (χ3n) is 11.7. The van der Waals surface area contributed by atoms with Gasteiger partial charge in [0.05, 0.1) is 30.5 Å². The van der Waals surface area contributed by atoms with Crippen molar-refractivity contribution in [3.05, 3.63) is 39.4 Å². The smallest absolute Gasteiger partial charge is 0.348 e. The van der Waals surface area contributed by atoms with Crippen molar-refractivity contribution >= 4 is 29.7 Å². The maximum atomic E-state index is 13.9. The number of nitriles is 1. The van der Waals surface area contributed by atoms with Gasteiger partial charge in [0, 0.05) is 60.5 Å². The van der Waals surface area contributed by atoms with Gasteiger partial charge < -0.3 is 37.9 Å². The van der Waals surface area contributed by atoms with Crippen LogP contribution in [0, 0.1) is 25.2 Å². The first kappa shape index (κ1) is 40.0. The van der Waals surface area contributed by atoms with Gasteiger partial charge in [-0.05, 0) is 44.9 Å². The Bertz CT molecular complexity index is 1920. The number of piperazine rings is 1. The first-order valence-electron chi connectivity index (χ1n) is 19.4. The van der Waals surface area contributed by atoms with Crippen LogP contribution in [-0.4, -0.2) is 99.2 Å². The summed E-state index contributed by atoms with van der Waals surface area (Å²) in [6.07, 6.45) is 4.33. The molecule has 1 unspecified atom stereocenters. The third kappa shape index (κ3) is 6.92. The Labute approximate surface area is 331 Å². The van der Waals surface area contributed by atoms with Gasteiger partial charge >= 0.3 is 17.9 Å². The van der Waals surface area contributed by atoms with Crippen LogP contribution in [0.25, 0.3) is 0 Å². The number of thioether (sulfide) groups is 1. The van der Waals surface area contributed by atoms with Gasteiger partial charge in [0.2, 0.25) is 12.9 Å². The average molecular weight is 794 g/mol. The fraction of sp³-hybridized carbons (Fsp3) is 0.610. The van der Waals surface area contributed by atoms with E-state index in [0.29, 0.717) is 58.3 Å². The molecule has 2 aromatic carbocycles. The number of hydrogen-bond acceptors (Lipinski definition) is 15. The Kier molecular flexibility index (Phi) is 11.9. The topological polar surface area (TPSA) is 155 Å². The molecule has 0 radical (unpaired) electrons. The van der Waals surface area contributed by atoms with Crippen molar-refractivity contribution in [2.75, 3.05) is 47.2 Å². The molecule has 2 fully saturated rings. The standard InChI is InChI=1S/C41H51N3O11S/c1-8-9-10-11-12-13-29(46)55-28-18-56-40-32-31(39-37(52-20-53-39)22(3)36(32)54-23(4)45)27(17-50-41(28)47)44-26(16-42)25-15-24-14-21(2)35(49-7)38(51-19-48-6)30(24)33(34(40)44)43(25)5/h14,25-28,33-34,40H,8-13,15,17-20H2,1-7H3/t25-,26-,27+,28-,33+,34?,40+/m0/s1. The third-order valence-corrected chi connectivity index (χ3v) is 13.1. The van der Waals surface area contributed by atoms with E-state index in [9.17, 15) is 19.6 Å². The van der Waals surface area contributed by atoms with Gasteiger partial charge in [-0.15, -0.1) is 11.8 Å². The molecule has 8 rings (SSSR count). The second-order valence-corrected chi connectivity index (χ2v) is 16.2. The number of likely N-dealkylation sites (N-methyl/N-ethyl adjacent to an activating group) is 1. The second kappa shape index (κ2) is 16.7. The van der Waals surface area contributed by atoms with Crippen molar-refractivity contribution in [1.82, 2.24) is 9.80 Å². The SMILES string of the molecule is CCCCCCCC(=O)O[C@H]1CS[C@@H]2c3c(OC(C)=O)c(C)c4c(c3[C@@H](COC1=O)N1C2[C@H]2c3c(cc(C)c(OC)c3OCOC)C[C@@H]([C@@H]1C#N)N2C)OCO4. The predicted octanol–water partition coefficient (Wildman–Crippen LogP) is 5.78. The number of esters is 3. The van der Waals surface area contributed by atoms with Gasteiger partial charge in [0.25, 0.3) is 0 Å². The first-order valence-corrected chi connectivity index (χ1v) is 20.4. The van der Waals surface area contributed by atoms with E-state index in [2.05, 4.69) is 28.9 Å². The van der Waals surface area contributed by atoms with Crippen LogP contribution in [0.4, 0.5) is 0 Å². The van der Waals surface area contributed by atoms with E-state index in [1.165, 1.54) is 18.7 Å². The van der Waals surface area contributed by atoms with Gasteiger partial charge in [-0.25, -0.2) is 4.79 Å². The lowest BCUT2D eigenvalue weighted by molar-refractivity contribution is -0.169. The number of methoxy groups -OCH3 is 2. The highest BCUT2D eigenvalue weighted by Gasteiger charge is 2.61. The molecule has 2 aromatic rings. The van der Waals surface area contributed by atoms with Crippen molar-refractivity contribution in [2.24, 2.45) is 0 Å². The van der Waals surface area contributed by atoms with E-state index in [1.807, 2.05) is 20.9 Å². The highest BCUT2D eigenvalue weighted by molar-refractivity contribution is 7.99. The zero-order valence-electron chi connectivity index (χ0n) is 33.1. The van der Waals surface area contributed by atoms with E-state index in [-0.39, 0.29) is 38.4 Å². The molecular weight excluding hydrogens is 743 g/mol. The summed E-state index contributed by atoms with van der Waals surface area (Å²) in [5.41, 5.74) is 4.73. The minimum absolute atomic E-state index is 0.0220. The van der Waals surface area contributed by atoms with Crippen LogP contribution in [0.2, 0.25) is 0 Å². The number of unbranched alkanes of at least 4 members (excludes halogenated alkanes) is 4. The largest absolute Gasteiger partial charge is 0.493 e. The highest BCUT2D eigenvalue weighted by atomic mass is 32.2. The lowest BCUT2D eigenvalue weighted by Gasteiger charge is -2.61. The lowest BCUT2D eigenvalue weighted by Crippen LogP contribution is -2.69. The Balaban J connectivity index is 1.42. The molecule has 7 atom stereocenters. The van der Waals surface area contributed by atoms with Crippen molar-refractivity contribution in [1.29, 1.82) is 5.26 Å². The molecule has 4 bridgehead atoms. The van der Waals surface area contributed by atoms with Crippen molar-refractivity contribution in [2.45, 2.75) is 114 Å². The van der Waals surface area contributed by atoms with E-state index in [0.717, 1.165) is 42.4 Å². The number of nitrogens with zero attached hydrogens (tertiary/aromatic N) is 3. The van der Waals surface area contributed by atoms with E-state index < -0.39 is 53.4 Å². The summed E-state index contributed by atoms with van der Waals surface area (Å²) in [7, 11) is 5.19. The summed E-state index contributed by atoms with van der Waals surface area (Å²) < 4.78 is 48.0. The lowest BCUT2D eigenvalue weighted by atomic mass is 9.71. The van der Waals surface area contributed by atoms with Crippen LogP contribution in [-0.2, 0) is 35.0 Å². The fourth-order valence-corrected chi connectivity index (χ4v) is 10.8. The molecule has 0 N–H and O–H groups in total. The van der Waals surface area contributed by atoms with Crippen LogP contribution >= 0.6 is 11.8 Å². The molecule has 0 aromatic heterocycles. The molecule has 0 aliphatic carbocycles. The van der Waals surface area contributed by atoms with Crippen LogP contribution < -0.4 is 23.7 Å².